The third-order valence-corrected chi connectivity index (χ3v) is 2.62. The highest BCUT2D eigenvalue weighted by atomic mass is 16.5. The molecule has 0 amide bonds. The Bertz CT molecular complexity index is 235. The van der Waals surface area contributed by atoms with Crippen molar-refractivity contribution in [2.75, 3.05) is 0 Å². The Morgan fingerprint density at radius 3 is 1.18 bits per heavy atom. The predicted molar refractivity (Wildman–Crippen MR) is 77.2 cm³/mol. The van der Waals surface area contributed by atoms with Gasteiger partial charge in [0.25, 0.3) is 0 Å². The van der Waals surface area contributed by atoms with Crippen molar-refractivity contribution in [1.29, 1.82) is 0 Å². The van der Waals surface area contributed by atoms with Crippen LogP contribution in [0.25, 0.3) is 0 Å². The molecule has 0 saturated heterocycles. The zero-order valence-electron chi connectivity index (χ0n) is 12.9. The fraction of sp³-hybridized carbons (Fsp3) is 0.750. The second kappa shape index (κ2) is 7.71. The number of rotatable bonds is 6. The molecule has 0 fully saturated rings. The summed E-state index contributed by atoms with van der Waals surface area (Å²) in [7, 11) is 0. The van der Waals surface area contributed by atoms with Gasteiger partial charge in [0.05, 0.1) is 12.2 Å². The molecule has 1 heteroatoms. The Kier molecular flexibility index (Phi) is 7.45. The van der Waals surface area contributed by atoms with Gasteiger partial charge in [-0.15, -0.1) is 0 Å². The van der Waals surface area contributed by atoms with Crippen molar-refractivity contribution in [3.8, 4) is 0 Å². The van der Waals surface area contributed by atoms with E-state index < -0.39 is 0 Å². The maximum Gasteiger partial charge on any atom is 0.0789 e. The number of ether oxygens (including phenoxy) is 1. The lowest BCUT2D eigenvalue weighted by atomic mass is 10.0. The van der Waals surface area contributed by atoms with Gasteiger partial charge < -0.3 is 4.74 Å². The maximum absolute atomic E-state index is 6.24. The maximum atomic E-state index is 6.24. The lowest BCUT2D eigenvalue weighted by Gasteiger charge is -2.27. The fourth-order valence-corrected chi connectivity index (χ4v) is 1.62. The smallest absolute Gasteiger partial charge is 0.0789 e. The molecule has 0 aliphatic rings. The Balaban J connectivity index is 4.81. The van der Waals surface area contributed by atoms with Crippen LogP contribution in [0.4, 0.5) is 0 Å². The van der Waals surface area contributed by atoms with Gasteiger partial charge in [-0.2, -0.15) is 0 Å². The van der Waals surface area contributed by atoms with Crippen molar-refractivity contribution < 1.29 is 4.74 Å². The largest absolute Gasteiger partial charge is 0.366 e. The third kappa shape index (κ3) is 7.38. The van der Waals surface area contributed by atoms with Gasteiger partial charge >= 0.3 is 0 Å². The molecule has 0 aromatic carbocycles. The number of hydrogen-bond acceptors (Lipinski definition) is 1. The molecule has 0 N–H and O–H groups in total. The van der Waals surface area contributed by atoms with Crippen LogP contribution in [0.1, 0.15) is 55.4 Å². The summed E-state index contributed by atoms with van der Waals surface area (Å²) in [5, 5.41) is 0. The summed E-state index contributed by atoms with van der Waals surface area (Å²) in [6, 6.07) is 0. The average molecular weight is 238 g/mol. The van der Waals surface area contributed by atoms with Crippen molar-refractivity contribution in [2.24, 2.45) is 11.8 Å². The SMILES string of the molecule is CC(C)=CC(OC(C=C(C)C)C(C)C)C(C)C. The lowest BCUT2D eigenvalue weighted by molar-refractivity contribution is -0.00661. The second-order valence-electron chi connectivity index (χ2n) is 6.04. The van der Waals surface area contributed by atoms with Gasteiger partial charge in [-0.3, -0.25) is 0 Å². The quantitative estimate of drug-likeness (QED) is 0.593. The van der Waals surface area contributed by atoms with E-state index in [2.05, 4.69) is 67.5 Å². The molecular weight excluding hydrogens is 208 g/mol. The van der Waals surface area contributed by atoms with Crippen molar-refractivity contribution in [3.05, 3.63) is 23.3 Å². The summed E-state index contributed by atoms with van der Waals surface area (Å²) in [5.74, 6) is 1.02. The highest BCUT2D eigenvalue weighted by molar-refractivity contribution is 5.03. The normalized spacial score (nSPS) is 14.7. The second-order valence-corrected chi connectivity index (χ2v) is 6.04. The summed E-state index contributed by atoms with van der Waals surface area (Å²) in [4.78, 5) is 0. The van der Waals surface area contributed by atoms with Gasteiger partial charge in [-0.25, -0.2) is 0 Å². The van der Waals surface area contributed by atoms with Gasteiger partial charge in [0.1, 0.15) is 0 Å². The summed E-state index contributed by atoms with van der Waals surface area (Å²) in [6.45, 7) is 17.4. The van der Waals surface area contributed by atoms with Crippen LogP contribution in [0.15, 0.2) is 23.3 Å². The van der Waals surface area contributed by atoms with E-state index in [0.717, 1.165) is 0 Å². The molecule has 0 aromatic heterocycles. The lowest BCUT2D eigenvalue weighted by Crippen LogP contribution is -2.27. The standard InChI is InChI=1S/C16H30O/c1-11(2)9-15(13(5)6)17-16(14(7)8)10-12(3)4/h9-10,13-16H,1-8H3. The first-order valence-corrected chi connectivity index (χ1v) is 6.69. The number of allylic oxidation sites excluding steroid dienone is 2. The molecule has 0 bridgehead atoms. The van der Waals surface area contributed by atoms with Crippen molar-refractivity contribution in [2.45, 2.75) is 67.6 Å². The zero-order chi connectivity index (χ0) is 13.6. The van der Waals surface area contributed by atoms with Crippen LogP contribution in [-0.4, -0.2) is 12.2 Å². The molecule has 0 heterocycles. The highest BCUT2D eigenvalue weighted by Crippen LogP contribution is 2.19. The van der Waals surface area contributed by atoms with Crippen LogP contribution < -0.4 is 0 Å². The Morgan fingerprint density at radius 1 is 0.706 bits per heavy atom. The molecule has 2 atom stereocenters. The van der Waals surface area contributed by atoms with E-state index in [1.165, 1.54) is 11.1 Å². The highest BCUT2D eigenvalue weighted by Gasteiger charge is 2.18. The first-order chi connectivity index (χ1) is 7.73. The van der Waals surface area contributed by atoms with Crippen LogP contribution in [-0.2, 0) is 4.74 Å². The van der Waals surface area contributed by atoms with E-state index in [9.17, 15) is 0 Å². The first kappa shape index (κ1) is 16.4. The Labute approximate surface area is 108 Å². The van der Waals surface area contributed by atoms with Gasteiger partial charge in [-0.05, 0) is 39.5 Å². The Morgan fingerprint density at radius 2 is 1.00 bits per heavy atom. The summed E-state index contributed by atoms with van der Waals surface area (Å²) in [5.41, 5.74) is 2.65. The summed E-state index contributed by atoms with van der Waals surface area (Å²) < 4.78 is 6.24. The summed E-state index contributed by atoms with van der Waals surface area (Å²) in [6.07, 6.45) is 4.89. The van der Waals surface area contributed by atoms with Crippen LogP contribution >= 0.6 is 0 Å². The minimum absolute atomic E-state index is 0.211. The minimum atomic E-state index is 0.211. The molecule has 0 saturated carbocycles. The van der Waals surface area contributed by atoms with Gasteiger partial charge in [0, 0.05) is 0 Å². The predicted octanol–water partition coefficient (Wildman–Crippen LogP) is 4.98. The van der Waals surface area contributed by atoms with Gasteiger partial charge in [-0.1, -0.05) is 51.0 Å². The summed E-state index contributed by atoms with van der Waals surface area (Å²) >= 11 is 0. The topological polar surface area (TPSA) is 9.23 Å². The monoisotopic (exact) mass is 238 g/mol. The molecule has 17 heavy (non-hydrogen) atoms. The molecule has 0 radical (unpaired) electrons. The van der Waals surface area contributed by atoms with E-state index in [-0.39, 0.29) is 12.2 Å². The van der Waals surface area contributed by atoms with Crippen molar-refractivity contribution in [3.63, 3.8) is 0 Å². The van der Waals surface area contributed by atoms with E-state index in [1.54, 1.807) is 0 Å². The van der Waals surface area contributed by atoms with E-state index in [4.69, 9.17) is 4.74 Å². The molecule has 0 aromatic rings. The zero-order valence-corrected chi connectivity index (χ0v) is 12.9. The average Bonchev–Trinajstić information content (AvgIpc) is 2.13. The molecule has 0 aliphatic heterocycles. The molecule has 2 unspecified atom stereocenters. The first-order valence-electron chi connectivity index (χ1n) is 6.69. The van der Waals surface area contributed by atoms with E-state index in [1.807, 2.05) is 0 Å². The van der Waals surface area contributed by atoms with E-state index in [0.29, 0.717) is 11.8 Å². The molecule has 0 aliphatic carbocycles. The molecule has 1 nitrogen and oxygen atoms in total. The van der Waals surface area contributed by atoms with Crippen LogP contribution in [0, 0.1) is 11.8 Å². The van der Waals surface area contributed by atoms with Crippen LogP contribution in [0.5, 0.6) is 0 Å². The molecule has 0 rings (SSSR count). The third-order valence-electron chi connectivity index (χ3n) is 2.62. The molecule has 100 valence electrons. The fourth-order valence-electron chi connectivity index (χ4n) is 1.62. The van der Waals surface area contributed by atoms with Crippen LogP contribution in [0.2, 0.25) is 0 Å². The van der Waals surface area contributed by atoms with Gasteiger partial charge in [0.15, 0.2) is 0 Å². The molecule has 0 spiro atoms. The minimum Gasteiger partial charge on any atom is -0.366 e. The van der Waals surface area contributed by atoms with Crippen molar-refractivity contribution >= 4 is 0 Å². The Hall–Kier alpha value is -0.560. The van der Waals surface area contributed by atoms with E-state index >= 15 is 0 Å². The molecular formula is C16H30O. The number of hydrogen-bond donors (Lipinski definition) is 0. The van der Waals surface area contributed by atoms with Crippen molar-refractivity contribution in [1.82, 2.24) is 0 Å². The van der Waals surface area contributed by atoms with Gasteiger partial charge in [0.2, 0.25) is 0 Å². The van der Waals surface area contributed by atoms with Crippen LogP contribution in [0.3, 0.4) is 0 Å².